The maximum Gasteiger partial charge on any atom is 0.262 e. The number of aryl methyl sites for hydroxylation is 2. The highest BCUT2D eigenvalue weighted by molar-refractivity contribution is 7.18. The number of nitrogens with one attached hydrogen (secondary N) is 1. The summed E-state index contributed by atoms with van der Waals surface area (Å²) in [6.45, 7) is 3.52. The molecule has 0 aliphatic carbocycles. The standard InChI is InChI=1S/C13H12N4O3S/c1-7-3-10(16-20-7)15-11(18)5-17-6-14-12-9(13(17)19)4-8(2)21-12/h3-4,6H,5H2,1-2H3,(H,15,16,18). The maximum absolute atomic E-state index is 12.2. The van der Waals surface area contributed by atoms with Gasteiger partial charge in [-0.3, -0.25) is 14.2 Å². The normalized spacial score (nSPS) is 11.0. The molecule has 0 spiro atoms. The fourth-order valence-electron chi connectivity index (χ4n) is 1.96. The van der Waals surface area contributed by atoms with Crippen molar-refractivity contribution in [3.8, 4) is 0 Å². The second-order valence-corrected chi connectivity index (χ2v) is 5.86. The van der Waals surface area contributed by atoms with Gasteiger partial charge in [0.05, 0.1) is 11.7 Å². The molecule has 3 rings (SSSR count). The van der Waals surface area contributed by atoms with E-state index >= 15 is 0 Å². The van der Waals surface area contributed by atoms with E-state index in [0.717, 1.165) is 4.88 Å². The van der Waals surface area contributed by atoms with Gasteiger partial charge in [-0.25, -0.2) is 4.98 Å². The Morgan fingerprint density at radius 3 is 2.95 bits per heavy atom. The van der Waals surface area contributed by atoms with Crippen molar-refractivity contribution in [3.05, 3.63) is 39.5 Å². The van der Waals surface area contributed by atoms with Crippen LogP contribution in [-0.2, 0) is 11.3 Å². The summed E-state index contributed by atoms with van der Waals surface area (Å²) < 4.78 is 6.13. The predicted molar refractivity (Wildman–Crippen MR) is 78.5 cm³/mol. The van der Waals surface area contributed by atoms with Crippen LogP contribution in [0.2, 0.25) is 0 Å². The van der Waals surface area contributed by atoms with E-state index in [2.05, 4.69) is 15.5 Å². The second-order valence-electron chi connectivity index (χ2n) is 4.62. The average Bonchev–Trinajstić information content (AvgIpc) is 2.99. The molecule has 21 heavy (non-hydrogen) atoms. The summed E-state index contributed by atoms with van der Waals surface area (Å²) >= 11 is 1.45. The second kappa shape index (κ2) is 5.13. The number of carbonyl (C=O) groups is 1. The fourth-order valence-corrected chi connectivity index (χ4v) is 2.79. The van der Waals surface area contributed by atoms with E-state index in [1.165, 1.54) is 22.2 Å². The molecule has 0 aliphatic rings. The lowest BCUT2D eigenvalue weighted by atomic mass is 10.3. The number of carbonyl (C=O) groups excluding carboxylic acids is 1. The van der Waals surface area contributed by atoms with Crippen LogP contribution in [0.5, 0.6) is 0 Å². The van der Waals surface area contributed by atoms with E-state index in [1.54, 1.807) is 19.1 Å². The first-order valence-corrected chi connectivity index (χ1v) is 7.03. The van der Waals surface area contributed by atoms with Crippen molar-refractivity contribution in [1.82, 2.24) is 14.7 Å². The molecule has 0 fully saturated rings. The van der Waals surface area contributed by atoms with E-state index in [0.29, 0.717) is 21.8 Å². The Kier molecular flexibility index (Phi) is 3.30. The van der Waals surface area contributed by atoms with Gasteiger partial charge in [0.15, 0.2) is 5.82 Å². The van der Waals surface area contributed by atoms with Crippen molar-refractivity contribution in [2.24, 2.45) is 0 Å². The zero-order valence-electron chi connectivity index (χ0n) is 11.4. The molecule has 0 saturated carbocycles. The highest BCUT2D eigenvalue weighted by atomic mass is 32.1. The third-order valence-corrected chi connectivity index (χ3v) is 3.81. The highest BCUT2D eigenvalue weighted by Gasteiger charge is 2.11. The molecule has 0 bridgehead atoms. The third-order valence-electron chi connectivity index (χ3n) is 2.85. The van der Waals surface area contributed by atoms with Crippen molar-refractivity contribution in [2.75, 3.05) is 5.32 Å². The summed E-state index contributed by atoms with van der Waals surface area (Å²) in [4.78, 5) is 30.0. The molecular weight excluding hydrogens is 292 g/mol. The van der Waals surface area contributed by atoms with Crippen LogP contribution in [0.1, 0.15) is 10.6 Å². The van der Waals surface area contributed by atoms with Crippen LogP contribution in [0.15, 0.2) is 27.8 Å². The van der Waals surface area contributed by atoms with Crippen LogP contribution in [-0.4, -0.2) is 20.6 Å². The van der Waals surface area contributed by atoms with E-state index in [9.17, 15) is 9.59 Å². The first kappa shape index (κ1) is 13.5. The molecule has 7 nitrogen and oxygen atoms in total. The number of amides is 1. The summed E-state index contributed by atoms with van der Waals surface area (Å²) in [6, 6.07) is 3.38. The van der Waals surface area contributed by atoms with Gasteiger partial charge in [0.2, 0.25) is 5.91 Å². The minimum atomic E-state index is -0.362. The van der Waals surface area contributed by atoms with Gasteiger partial charge in [-0.05, 0) is 19.9 Å². The Balaban J connectivity index is 1.82. The van der Waals surface area contributed by atoms with Crippen LogP contribution in [0.3, 0.4) is 0 Å². The smallest absolute Gasteiger partial charge is 0.262 e. The highest BCUT2D eigenvalue weighted by Crippen LogP contribution is 2.19. The Morgan fingerprint density at radius 1 is 1.43 bits per heavy atom. The van der Waals surface area contributed by atoms with E-state index in [4.69, 9.17) is 4.52 Å². The van der Waals surface area contributed by atoms with Gasteiger partial charge in [-0.15, -0.1) is 11.3 Å². The number of aromatic nitrogens is 3. The molecule has 1 N–H and O–H groups in total. The Morgan fingerprint density at radius 2 is 2.24 bits per heavy atom. The van der Waals surface area contributed by atoms with Crippen molar-refractivity contribution in [3.63, 3.8) is 0 Å². The summed E-state index contributed by atoms with van der Waals surface area (Å²) in [7, 11) is 0. The molecule has 0 aromatic carbocycles. The lowest BCUT2D eigenvalue weighted by molar-refractivity contribution is -0.116. The van der Waals surface area contributed by atoms with Gasteiger partial charge in [0, 0.05) is 10.9 Å². The van der Waals surface area contributed by atoms with Gasteiger partial charge in [-0.2, -0.15) is 0 Å². The van der Waals surface area contributed by atoms with Crippen molar-refractivity contribution in [2.45, 2.75) is 20.4 Å². The molecule has 8 heteroatoms. The number of rotatable bonds is 3. The van der Waals surface area contributed by atoms with Crippen molar-refractivity contribution >= 4 is 33.3 Å². The number of anilines is 1. The molecule has 108 valence electrons. The molecule has 0 saturated heterocycles. The average molecular weight is 304 g/mol. The Hall–Kier alpha value is -2.48. The predicted octanol–water partition coefficient (Wildman–Crippen LogP) is 1.70. The molecule has 3 aromatic rings. The number of fused-ring (bicyclic) bond motifs is 1. The molecule has 0 atom stereocenters. The summed E-state index contributed by atoms with van der Waals surface area (Å²) in [6.07, 6.45) is 1.38. The minimum absolute atomic E-state index is 0.122. The number of nitrogens with zero attached hydrogens (tertiary/aromatic N) is 3. The zero-order valence-corrected chi connectivity index (χ0v) is 12.2. The summed E-state index contributed by atoms with van der Waals surface area (Å²) in [5.41, 5.74) is -0.226. The molecule has 0 unspecified atom stereocenters. The molecule has 3 aromatic heterocycles. The first-order valence-electron chi connectivity index (χ1n) is 6.21. The van der Waals surface area contributed by atoms with Gasteiger partial charge < -0.3 is 9.84 Å². The van der Waals surface area contributed by atoms with Crippen LogP contribution < -0.4 is 10.9 Å². The van der Waals surface area contributed by atoms with Crippen molar-refractivity contribution < 1.29 is 9.32 Å². The number of hydrogen-bond donors (Lipinski definition) is 1. The first-order chi connectivity index (χ1) is 10.0. The summed E-state index contributed by atoms with van der Waals surface area (Å²) in [5, 5.41) is 6.76. The molecular formula is C13H12N4O3S. The monoisotopic (exact) mass is 304 g/mol. The van der Waals surface area contributed by atoms with Crippen LogP contribution in [0.25, 0.3) is 10.2 Å². The summed E-state index contributed by atoms with van der Waals surface area (Å²) in [5.74, 6) is 0.559. The largest absolute Gasteiger partial charge is 0.360 e. The maximum atomic E-state index is 12.2. The van der Waals surface area contributed by atoms with Crippen LogP contribution in [0.4, 0.5) is 5.82 Å². The lowest BCUT2D eigenvalue weighted by Gasteiger charge is -2.04. The Labute approximate surface area is 123 Å². The molecule has 0 radical (unpaired) electrons. The lowest BCUT2D eigenvalue weighted by Crippen LogP contribution is -2.27. The minimum Gasteiger partial charge on any atom is -0.360 e. The van der Waals surface area contributed by atoms with E-state index in [-0.39, 0.29) is 18.0 Å². The fraction of sp³-hybridized carbons (Fsp3) is 0.231. The molecule has 1 amide bonds. The van der Waals surface area contributed by atoms with Gasteiger partial charge in [0.25, 0.3) is 5.56 Å². The van der Waals surface area contributed by atoms with E-state index in [1.807, 2.05) is 6.92 Å². The van der Waals surface area contributed by atoms with Crippen LogP contribution in [0, 0.1) is 13.8 Å². The SMILES string of the molecule is Cc1cc(NC(=O)Cn2cnc3sc(C)cc3c2=O)no1. The van der Waals surface area contributed by atoms with Crippen molar-refractivity contribution in [1.29, 1.82) is 0 Å². The molecule has 0 aliphatic heterocycles. The van der Waals surface area contributed by atoms with E-state index < -0.39 is 0 Å². The number of thiophene rings is 1. The Bertz CT molecular complexity index is 877. The topological polar surface area (TPSA) is 90.0 Å². The van der Waals surface area contributed by atoms with Gasteiger partial charge >= 0.3 is 0 Å². The zero-order chi connectivity index (χ0) is 15.0. The molecule has 3 heterocycles. The quantitative estimate of drug-likeness (QED) is 0.795. The van der Waals surface area contributed by atoms with Crippen LogP contribution >= 0.6 is 11.3 Å². The van der Waals surface area contributed by atoms with Gasteiger partial charge in [0.1, 0.15) is 17.1 Å². The third kappa shape index (κ3) is 2.70. The number of hydrogen-bond acceptors (Lipinski definition) is 6. The van der Waals surface area contributed by atoms with Gasteiger partial charge in [-0.1, -0.05) is 5.16 Å².